The third kappa shape index (κ3) is 4.65. The highest BCUT2D eigenvalue weighted by atomic mass is 16.5. The van der Waals surface area contributed by atoms with Crippen LogP contribution in [-0.2, 0) is 14.3 Å². The maximum atomic E-state index is 13.0. The molecule has 7 heteroatoms. The number of nitrogens with one attached hydrogen (secondary N) is 1. The van der Waals surface area contributed by atoms with Crippen LogP contribution in [-0.4, -0.2) is 53.7 Å². The van der Waals surface area contributed by atoms with Crippen LogP contribution in [0.1, 0.15) is 44.2 Å². The summed E-state index contributed by atoms with van der Waals surface area (Å²) in [6.45, 7) is 6.29. The summed E-state index contributed by atoms with van der Waals surface area (Å²) in [6.07, 6.45) is 0.185. The normalized spacial score (nSPS) is 22.4. The van der Waals surface area contributed by atoms with E-state index in [1.54, 1.807) is 6.92 Å². The Hall–Kier alpha value is -3.35. The Morgan fingerprint density at radius 1 is 1.06 bits per heavy atom. The minimum Gasteiger partial charge on any atom is -0.480 e. The van der Waals surface area contributed by atoms with Crippen LogP contribution in [0.5, 0.6) is 0 Å². The molecule has 0 bridgehead atoms. The van der Waals surface area contributed by atoms with Crippen molar-refractivity contribution >= 4 is 18.0 Å². The number of rotatable bonds is 6. The van der Waals surface area contributed by atoms with Crippen LogP contribution in [0, 0.1) is 17.8 Å². The van der Waals surface area contributed by atoms with Gasteiger partial charge in [-0.25, -0.2) is 9.59 Å². The molecule has 1 fully saturated rings. The standard InChI is InChI=1S/C27H32N2O5/c1-16-12-17(2)24(26(31)32)29(14-16)25(30)18(3)13-28-27(33)34-15-23-21-10-6-4-8-19(21)20-9-5-7-11-22(20)23/h4-11,16-18,23-24H,12-15H2,1-3H3,(H,28,33)(H,31,32). The van der Waals surface area contributed by atoms with E-state index in [0.717, 1.165) is 28.7 Å². The Morgan fingerprint density at radius 3 is 2.24 bits per heavy atom. The second-order valence-electron chi connectivity index (χ2n) is 9.70. The first-order valence-corrected chi connectivity index (χ1v) is 11.9. The smallest absolute Gasteiger partial charge is 0.407 e. The van der Waals surface area contributed by atoms with E-state index in [2.05, 4.69) is 29.6 Å². The number of ether oxygens (including phenoxy) is 1. The van der Waals surface area contributed by atoms with Gasteiger partial charge in [-0.3, -0.25) is 4.79 Å². The van der Waals surface area contributed by atoms with E-state index in [1.165, 1.54) is 4.90 Å². The molecule has 1 aliphatic heterocycles. The van der Waals surface area contributed by atoms with Crippen molar-refractivity contribution in [2.24, 2.45) is 17.8 Å². The average molecular weight is 465 g/mol. The first-order chi connectivity index (χ1) is 16.3. The topological polar surface area (TPSA) is 95.9 Å². The van der Waals surface area contributed by atoms with Gasteiger partial charge in [0.25, 0.3) is 0 Å². The third-order valence-electron chi connectivity index (χ3n) is 7.01. The Labute approximate surface area is 200 Å². The van der Waals surface area contributed by atoms with Crippen molar-refractivity contribution in [3.63, 3.8) is 0 Å². The number of likely N-dealkylation sites (tertiary alicyclic amines) is 1. The number of fused-ring (bicyclic) bond motifs is 3. The fourth-order valence-electron chi connectivity index (χ4n) is 5.45. The minimum atomic E-state index is -0.982. The molecular weight excluding hydrogens is 432 g/mol. The highest BCUT2D eigenvalue weighted by Crippen LogP contribution is 2.44. The number of benzene rings is 2. The van der Waals surface area contributed by atoms with Crippen LogP contribution in [0.3, 0.4) is 0 Å². The van der Waals surface area contributed by atoms with Gasteiger partial charge >= 0.3 is 12.1 Å². The summed E-state index contributed by atoms with van der Waals surface area (Å²) in [6, 6.07) is 15.4. The van der Waals surface area contributed by atoms with Crippen molar-refractivity contribution in [3.05, 3.63) is 59.7 Å². The lowest BCUT2D eigenvalue weighted by Gasteiger charge is -2.41. The van der Waals surface area contributed by atoms with Crippen molar-refractivity contribution < 1.29 is 24.2 Å². The van der Waals surface area contributed by atoms with E-state index in [9.17, 15) is 19.5 Å². The third-order valence-corrected chi connectivity index (χ3v) is 7.01. The number of alkyl carbamates (subject to hydrolysis) is 1. The molecule has 180 valence electrons. The molecule has 2 aromatic carbocycles. The molecule has 1 saturated heterocycles. The molecular formula is C27H32N2O5. The van der Waals surface area contributed by atoms with Crippen molar-refractivity contribution in [2.75, 3.05) is 19.7 Å². The fourth-order valence-corrected chi connectivity index (χ4v) is 5.45. The Kier molecular flexibility index (Phi) is 6.91. The molecule has 1 aliphatic carbocycles. The van der Waals surface area contributed by atoms with Gasteiger partial charge in [-0.1, -0.05) is 69.3 Å². The second kappa shape index (κ2) is 9.87. The lowest BCUT2D eigenvalue weighted by atomic mass is 9.84. The zero-order valence-corrected chi connectivity index (χ0v) is 19.9. The van der Waals surface area contributed by atoms with Gasteiger partial charge in [0.05, 0.1) is 5.92 Å². The summed E-state index contributed by atoms with van der Waals surface area (Å²) in [7, 11) is 0. The number of carboxylic acid groups (broad SMARTS) is 1. The number of hydrogen-bond donors (Lipinski definition) is 2. The van der Waals surface area contributed by atoms with Crippen molar-refractivity contribution in [1.29, 1.82) is 0 Å². The molecule has 34 heavy (non-hydrogen) atoms. The van der Waals surface area contributed by atoms with Crippen molar-refractivity contribution in [3.8, 4) is 11.1 Å². The number of carboxylic acids is 1. The van der Waals surface area contributed by atoms with Crippen LogP contribution in [0.25, 0.3) is 11.1 Å². The molecule has 4 rings (SSSR count). The Balaban J connectivity index is 1.34. The van der Waals surface area contributed by atoms with Crippen LogP contribution in [0.15, 0.2) is 48.5 Å². The highest BCUT2D eigenvalue weighted by molar-refractivity contribution is 5.86. The van der Waals surface area contributed by atoms with Crippen molar-refractivity contribution in [2.45, 2.75) is 39.2 Å². The van der Waals surface area contributed by atoms with Crippen LogP contribution in [0.4, 0.5) is 4.79 Å². The number of hydrogen-bond acceptors (Lipinski definition) is 4. The maximum absolute atomic E-state index is 13.0. The largest absolute Gasteiger partial charge is 0.480 e. The molecule has 0 saturated carbocycles. The lowest BCUT2D eigenvalue weighted by molar-refractivity contribution is -0.157. The number of piperidine rings is 1. The summed E-state index contributed by atoms with van der Waals surface area (Å²) in [5, 5.41) is 12.3. The summed E-state index contributed by atoms with van der Waals surface area (Å²) in [4.78, 5) is 38.7. The van der Waals surface area contributed by atoms with Gasteiger partial charge in [-0.15, -0.1) is 0 Å². The molecule has 2 N–H and O–H groups in total. The molecule has 0 radical (unpaired) electrons. The Bertz CT molecular complexity index is 1040. The molecule has 0 aromatic heterocycles. The quantitative estimate of drug-likeness (QED) is 0.671. The summed E-state index contributed by atoms with van der Waals surface area (Å²) in [5.41, 5.74) is 4.58. The van der Waals surface area contributed by atoms with Gasteiger partial charge in [-0.05, 0) is 40.5 Å². The summed E-state index contributed by atoms with van der Waals surface area (Å²) in [5.74, 6) is -1.72. The zero-order chi connectivity index (χ0) is 24.4. The average Bonchev–Trinajstić information content (AvgIpc) is 3.13. The van der Waals surface area contributed by atoms with Gasteiger partial charge in [0, 0.05) is 19.0 Å². The summed E-state index contributed by atoms with van der Waals surface area (Å²) < 4.78 is 5.54. The first kappa shape index (κ1) is 23.8. The monoisotopic (exact) mass is 464 g/mol. The number of amides is 2. The molecule has 0 spiro atoms. The van der Waals surface area contributed by atoms with E-state index >= 15 is 0 Å². The van der Waals surface area contributed by atoms with Gasteiger partial charge < -0.3 is 20.1 Å². The van der Waals surface area contributed by atoms with E-state index in [0.29, 0.717) is 6.54 Å². The second-order valence-corrected chi connectivity index (χ2v) is 9.70. The predicted octanol–water partition coefficient (Wildman–Crippen LogP) is 4.12. The van der Waals surface area contributed by atoms with Crippen LogP contribution in [0.2, 0.25) is 0 Å². The van der Waals surface area contributed by atoms with Gasteiger partial charge in [0.15, 0.2) is 0 Å². The van der Waals surface area contributed by atoms with E-state index < -0.39 is 24.0 Å². The predicted molar refractivity (Wildman–Crippen MR) is 128 cm³/mol. The molecule has 4 unspecified atom stereocenters. The number of aliphatic carboxylic acids is 1. The number of nitrogens with zero attached hydrogens (tertiary/aromatic N) is 1. The highest BCUT2D eigenvalue weighted by Gasteiger charge is 2.40. The summed E-state index contributed by atoms with van der Waals surface area (Å²) >= 11 is 0. The molecule has 2 aromatic rings. The van der Waals surface area contributed by atoms with E-state index in [1.807, 2.05) is 38.1 Å². The van der Waals surface area contributed by atoms with Gasteiger partial charge in [-0.2, -0.15) is 0 Å². The Morgan fingerprint density at radius 2 is 1.65 bits per heavy atom. The van der Waals surface area contributed by atoms with E-state index in [4.69, 9.17) is 4.74 Å². The minimum absolute atomic E-state index is 0.0372. The van der Waals surface area contributed by atoms with Gasteiger partial charge in [0.1, 0.15) is 12.6 Å². The molecule has 2 amide bonds. The number of carbonyl (C=O) groups is 3. The SMILES string of the molecule is CC1CC(C)C(C(=O)O)N(C(=O)C(C)CNC(=O)OCC2c3ccccc3-c3ccccc32)C1. The molecule has 4 atom stereocenters. The van der Waals surface area contributed by atoms with E-state index in [-0.39, 0.29) is 36.8 Å². The van der Waals surface area contributed by atoms with Crippen molar-refractivity contribution in [1.82, 2.24) is 10.2 Å². The molecule has 2 aliphatic rings. The number of carbonyl (C=O) groups excluding carboxylic acids is 2. The fraction of sp³-hybridized carbons (Fsp3) is 0.444. The molecule has 7 nitrogen and oxygen atoms in total. The van der Waals surface area contributed by atoms with Gasteiger partial charge in [0.2, 0.25) is 5.91 Å². The van der Waals surface area contributed by atoms with Crippen LogP contribution >= 0.6 is 0 Å². The first-order valence-electron chi connectivity index (χ1n) is 11.9. The van der Waals surface area contributed by atoms with Crippen LogP contribution < -0.4 is 5.32 Å². The molecule has 1 heterocycles. The lowest BCUT2D eigenvalue weighted by Crippen LogP contribution is -2.56. The zero-order valence-electron chi connectivity index (χ0n) is 19.9. The maximum Gasteiger partial charge on any atom is 0.407 e.